The maximum absolute atomic E-state index is 13.0. The molecule has 0 atom stereocenters. The van der Waals surface area contributed by atoms with Gasteiger partial charge in [0.2, 0.25) is 0 Å². The Morgan fingerprint density at radius 1 is 0.767 bits per heavy atom. The number of hydrogen-bond acceptors (Lipinski definition) is 7. The first-order valence-corrected chi connectivity index (χ1v) is 10.8. The van der Waals surface area contributed by atoms with Crippen molar-refractivity contribution in [3.63, 3.8) is 0 Å². The van der Waals surface area contributed by atoms with Gasteiger partial charge in [-0.3, -0.25) is 19.2 Å². The van der Waals surface area contributed by atoms with Crippen LogP contribution in [0.4, 0.5) is 11.4 Å². The quantitative estimate of drug-likeness (QED) is 0.470. The van der Waals surface area contributed by atoms with Crippen molar-refractivity contribution < 1.29 is 19.2 Å². The number of thiophene rings is 2. The molecule has 3 heterocycles. The van der Waals surface area contributed by atoms with Gasteiger partial charge in [-0.25, -0.2) is 0 Å². The lowest BCUT2D eigenvalue weighted by Gasteiger charge is -2.24. The zero-order chi connectivity index (χ0) is 21.3. The molecule has 2 aromatic heterocycles. The topological polar surface area (TPSA) is 101 Å². The summed E-state index contributed by atoms with van der Waals surface area (Å²) in [7, 11) is 0. The Kier molecular flexibility index (Phi) is 5.58. The molecular formula is C21H17N3O4S2. The highest BCUT2D eigenvalue weighted by Gasteiger charge is 2.39. The number of rotatable bonds is 6. The molecule has 0 unspecified atom stereocenters. The van der Waals surface area contributed by atoms with Crippen molar-refractivity contribution in [1.29, 1.82) is 0 Å². The minimum atomic E-state index is -1.51. The van der Waals surface area contributed by atoms with Gasteiger partial charge in [-0.2, -0.15) is 0 Å². The Balaban J connectivity index is 1.72. The molecule has 1 aliphatic heterocycles. The maximum Gasteiger partial charge on any atom is 0.254 e. The second-order valence-electron chi connectivity index (χ2n) is 6.62. The number of amides is 2. The van der Waals surface area contributed by atoms with Crippen molar-refractivity contribution >= 4 is 57.4 Å². The highest BCUT2D eigenvalue weighted by molar-refractivity contribution is 7.12. The van der Waals surface area contributed by atoms with Crippen LogP contribution in [-0.4, -0.2) is 42.5 Å². The van der Waals surface area contributed by atoms with Crippen LogP contribution in [0, 0.1) is 0 Å². The summed E-state index contributed by atoms with van der Waals surface area (Å²) in [5.41, 5.74) is 6.71. The molecule has 7 nitrogen and oxygen atoms in total. The Morgan fingerprint density at radius 3 is 1.57 bits per heavy atom. The fourth-order valence-corrected chi connectivity index (χ4v) is 4.56. The Hall–Kier alpha value is -3.14. The van der Waals surface area contributed by atoms with Gasteiger partial charge in [0.1, 0.15) is 0 Å². The number of carbonyl (C=O) groups excluding carboxylic acids is 4. The third-order valence-corrected chi connectivity index (χ3v) is 6.54. The van der Waals surface area contributed by atoms with Gasteiger partial charge in [0.05, 0.1) is 34.2 Å². The molecule has 0 aliphatic carbocycles. The minimum Gasteiger partial charge on any atom is -0.312 e. The predicted molar refractivity (Wildman–Crippen MR) is 116 cm³/mol. The van der Waals surface area contributed by atoms with Crippen molar-refractivity contribution in [2.24, 2.45) is 5.73 Å². The fraction of sp³-hybridized carbons (Fsp3) is 0.143. The Labute approximate surface area is 180 Å². The summed E-state index contributed by atoms with van der Waals surface area (Å²) in [5.74, 6) is -1.86. The molecule has 0 saturated carbocycles. The fourth-order valence-electron chi connectivity index (χ4n) is 3.24. The number of para-hydroxylation sites is 2. The number of Topliss-reactive ketones (excluding diaryl/α,β-unsaturated/α-hetero) is 2. The van der Waals surface area contributed by atoms with E-state index >= 15 is 0 Å². The third kappa shape index (κ3) is 3.70. The zero-order valence-electron chi connectivity index (χ0n) is 15.7. The van der Waals surface area contributed by atoms with Crippen molar-refractivity contribution in [1.82, 2.24) is 0 Å². The lowest BCUT2D eigenvalue weighted by molar-refractivity contribution is -0.128. The smallest absolute Gasteiger partial charge is 0.254 e. The normalized spacial score (nSPS) is 14.6. The molecule has 2 N–H and O–H groups in total. The highest BCUT2D eigenvalue weighted by atomic mass is 32.1. The molecule has 2 amide bonds. The summed E-state index contributed by atoms with van der Waals surface area (Å²) >= 11 is 2.55. The third-order valence-electron chi connectivity index (χ3n) is 4.72. The number of fused-ring (bicyclic) bond motifs is 1. The summed E-state index contributed by atoms with van der Waals surface area (Å²) in [6.45, 7) is -0.492. The highest BCUT2D eigenvalue weighted by Crippen LogP contribution is 2.33. The summed E-state index contributed by atoms with van der Waals surface area (Å²) in [5, 5.41) is 3.55. The van der Waals surface area contributed by atoms with Gasteiger partial charge in [-0.15, -0.1) is 22.7 Å². The zero-order valence-corrected chi connectivity index (χ0v) is 17.3. The first-order valence-electron chi connectivity index (χ1n) is 9.08. The van der Waals surface area contributed by atoms with Crippen LogP contribution in [-0.2, 0) is 9.59 Å². The van der Waals surface area contributed by atoms with Crippen molar-refractivity contribution in [2.75, 3.05) is 22.9 Å². The molecule has 0 bridgehead atoms. The molecule has 0 saturated heterocycles. The number of anilines is 2. The lowest BCUT2D eigenvalue weighted by Crippen LogP contribution is -2.52. The largest absolute Gasteiger partial charge is 0.312 e. The van der Waals surface area contributed by atoms with E-state index in [1.54, 1.807) is 59.3 Å². The van der Waals surface area contributed by atoms with Crippen LogP contribution in [0.5, 0.6) is 0 Å². The number of carbonyl (C=O) groups is 4. The van der Waals surface area contributed by atoms with Crippen LogP contribution >= 0.6 is 22.7 Å². The van der Waals surface area contributed by atoms with Gasteiger partial charge in [-0.1, -0.05) is 24.3 Å². The van der Waals surface area contributed by atoms with Crippen LogP contribution < -0.4 is 15.5 Å². The lowest BCUT2D eigenvalue weighted by atomic mass is 10.2. The molecule has 0 radical (unpaired) electrons. The average Bonchev–Trinajstić information content (AvgIpc) is 3.47. The van der Waals surface area contributed by atoms with Gasteiger partial charge >= 0.3 is 0 Å². The van der Waals surface area contributed by atoms with Gasteiger partial charge in [0.25, 0.3) is 11.8 Å². The molecule has 3 aromatic rings. The molecule has 0 spiro atoms. The standard InChI is InChI=1S/C21H17N3O4S2/c22-19-20(27)23(11-15(25)17-7-3-9-29-17)13-5-1-2-6-14(13)24(21(19)28)12-16(26)18-8-4-10-30-18/h1-10,19H,11-12,22H2. The molecule has 0 fully saturated rings. The van der Waals surface area contributed by atoms with Crippen LogP contribution in [0.25, 0.3) is 0 Å². The Bertz CT molecular complexity index is 1020. The van der Waals surface area contributed by atoms with E-state index in [1.165, 1.54) is 32.5 Å². The van der Waals surface area contributed by atoms with Crippen LogP contribution in [0.3, 0.4) is 0 Å². The number of nitrogens with two attached hydrogens (primary N) is 1. The molecule has 4 rings (SSSR count). The first kappa shape index (κ1) is 20.1. The Morgan fingerprint density at radius 2 is 1.20 bits per heavy atom. The molecule has 9 heteroatoms. The van der Waals surface area contributed by atoms with Crippen LogP contribution in [0.15, 0.2) is 59.3 Å². The molecule has 30 heavy (non-hydrogen) atoms. The monoisotopic (exact) mass is 439 g/mol. The van der Waals surface area contributed by atoms with Crippen LogP contribution in [0.2, 0.25) is 0 Å². The molecular weight excluding hydrogens is 422 g/mol. The summed E-state index contributed by atoms with van der Waals surface area (Å²) < 4.78 is 0. The van der Waals surface area contributed by atoms with Gasteiger partial charge in [0.15, 0.2) is 17.6 Å². The van der Waals surface area contributed by atoms with E-state index in [1.807, 2.05) is 0 Å². The number of ketones is 2. The summed E-state index contributed by atoms with van der Waals surface area (Å²) in [6, 6.07) is 12.0. The van der Waals surface area contributed by atoms with E-state index in [9.17, 15) is 19.2 Å². The summed E-state index contributed by atoms with van der Waals surface area (Å²) in [4.78, 5) is 54.8. The van der Waals surface area contributed by atoms with Crippen LogP contribution in [0.1, 0.15) is 19.3 Å². The van der Waals surface area contributed by atoms with E-state index in [4.69, 9.17) is 5.73 Å². The first-order chi connectivity index (χ1) is 14.5. The SMILES string of the molecule is NC1C(=O)N(CC(=O)c2cccs2)c2ccccc2N(CC(=O)c2cccs2)C1=O. The van der Waals surface area contributed by atoms with Crippen molar-refractivity contribution in [3.8, 4) is 0 Å². The van der Waals surface area contributed by atoms with E-state index in [0.717, 1.165) is 0 Å². The van der Waals surface area contributed by atoms with E-state index in [2.05, 4.69) is 0 Å². The maximum atomic E-state index is 13.0. The number of hydrogen-bond donors (Lipinski definition) is 1. The second kappa shape index (κ2) is 8.31. The van der Waals surface area contributed by atoms with Gasteiger partial charge < -0.3 is 15.5 Å². The minimum absolute atomic E-state index is 0.246. The van der Waals surface area contributed by atoms with Crippen molar-refractivity contribution in [3.05, 3.63) is 69.0 Å². The molecule has 1 aliphatic rings. The predicted octanol–water partition coefficient (Wildman–Crippen LogP) is 2.58. The second-order valence-corrected chi connectivity index (χ2v) is 8.51. The average molecular weight is 440 g/mol. The van der Waals surface area contributed by atoms with Crippen molar-refractivity contribution in [2.45, 2.75) is 6.04 Å². The molecule has 152 valence electrons. The van der Waals surface area contributed by atoms with Gasteiger partial charge in [0, 0.05) is 0 Å². The van der Waals surface area contributed by atoms with E-state index < -0.39 is 17.9 Å². The van der Waals surface area contributed by atoms with E-state index in [-0.39, 0.29) is 24.7 Å². The number of benzene rings is 1. The van der Waals surface area contributed by atoms with Gasteiger partial charge in [-0.05, 0) is 35.0 Å². The number of nitrogens with zero attached hydrogens (tertiary/aromatic N) is 2. The molecule has 1 aromatic carbocycles. The van der Waals surface area contributed by atoms with E-state index in [0.29, 0.717) is 21.1 Å². The summed E-state index contributed by atoms with van der Waals surface area (Å²) in [6.07, 6.45) is 0.